The van der Waals surface area contributed by atoms with E-state index in [0.29, 0.717) is 52.0 Å². The van der Waals surface area contributed by atoms with E-state index in [9.17, 15) is 28.8 Å². The van der Waals surface area contributed by atoms with Crippen molar-refractivity contribution in [3.63, 3.8) is 0 Å². The molecule has 4 N–H and O–H groups in total. The Balaban J connectivity index is 0.000000275. The molecule has 21 heteroatoms. The molecule has 0 spiro atoms. The molecule has 7 rings (SSSR count). The van der Waals surface area contributed by atoms with Crippen LogP contribution in [0.1, 0.15) is 151 Å². The Kier molecular flexibility index (Phi) is 35.2. The lowest BCUT2D eigenvalue weighted by Crippen LogP contribution is -2.58. The first-order valence-electron chi connectivity index (χ1n) is 36.0. The number of carbonyl (C=O) groups is 6. The molecule has 0 bridgehead atoms. The summed E-state index contributed by atoms with van der Waals surface area (Å²) in [5.41, 5.74) is 9.86. The molecule has 3 saturated heterocycles. The highest BCUT2D eigenvalue weighted by molar-refractivity contribution is 5.71. The van der Waals surface area contributed by atoms with E-state index in [1.165, 1.54) is 0 Å². The van der Waals surface area contributed by atoms with Crippen LogP contribution in [0.15, 0.2) is 121 Å². The van der Waals surface area contributed by atoms with Gasteiger partial charge in [-0.1, -0.05) is 149 Å². The van der Waals surface area contributed by atoms with Gasteiger partial charge in [0.05, 0.1) is 38.5 Å². The predicted octanol–water partition coefficient (Wildman–Crippen LogP) is 9.54. The number of nitrogens with zero attached hydrogens (tertiary/aromatic N) is 8. The normalized spacial score (nSPS) is 21.9. The van der Waals surface area contributed by atoms with Gasteiger partial charge in [0.1, 0.15) is 26.4 Å². The number of rotatable bonds is 32. The van der Waals surface area contributed by atoms with Crippen molar-refractivity contribution in [3.05, 3.63) is 144 Å². The number of hydrogen-bond acceptors (Lipinski definition) is 19. The second-order valence-electron chi connectivity index (χ2n) is 28.5. The van der Waals surface area contributed by atoms with Crippen LogP contribution in [0.3, 0.4) is 0 Å². The van der Waals surface area contributed by atoms with Gasteiger partial charge in [0.15, 0.2) is 0 Å². The summed E-state index contributed by atoms with van der Waals surface area (Å²) < 4.78 is 22.1. The summed E-state index contributed by atoms with van der Waals surface area (Å²) >= 11 is 0. The highest BCUT2D eigenvalue weighted by atomic mass is 16.5. The fraction of sp³-hybridized carbons (Fsp3) is 0.615. The van der Waals surface area contributed by atoms with Crippen LogP contribution in [-0.2, 0) is 74.1 Å². The van der Waals surface area contributed by atoms with E-state index >= 15 is 0 Å². The topological polar surface area (TPSA) is 232 Å². The number of carbonyl (C=O) groups excluding carboxylic acids is 4. The van der Waals surface area contributed by atoms with Crippen LogP contribution < -0.4 is 5.73 Å². The van der Waals surface area contributed by atoms with E-state index in [-0.39, 0.29) is 97.3 Å². The average molecular weight is 1380 g/mol. The van der Waals surface area contributed by atoms with Crippen molar-refractivity contribution in [1.29, 1.82) is 0 Å². The number of benzene rings is 4. The largest absolute Gasteiger partial charge is 0.481 e. The molecule has 0 aromatic heterocycles. The summed E-state index contributed by atoms with van der Waals surface area (Å²) in [5.74, 6) is -2.33. The standard InChI is InChI=1S/C32H47N3O4.C28H39N3O4.C18H35N3O4/c1-6-35(7-2)32(5)24-33(26(3)20-30(36)38-22-28-14-10-8-11-15-28)18-19-34(25-32)27(4)21-31(37)39-23-29-16-12-9-13-17-29;1-22(16-26(32)34-18-24-10-6-4-7-11-24)30-14-15-31(21-28(3,29)20-30)23(2)17-27(33)35-19-25-12-8-5-9-13-25;1-6-21(7-2)18(5)12-19(14(3)10-16(22)23)8-9-20(13-18)15(4)11-17(24)25/h8-17,26-27H,6-7,18-25H2,1-5H3;4-13,22-23H,14-21,29H2,1-3H3;14-15H,6-13H2,1-5H3,(H,22,23)(H,24,25). The molecule has 6 atom stereocenters. The first kappa shape index (κ1) is 83.0. The molecule has 3 heterocycles. The third-order valence-corrected chi connectivity index (χ3v) is 19.9. The summed E-state index contributed by atoms with van der Waals surface area (Å²) in [6.45, 7) is 41.7. The number of esters is 4. The van der Waals surface area contributed by atoms with Crippen molar-refractivity contribution in [1.82, 2.24) is 39.2 Å². The highest BCUT2D eigenvalue weighted by Gasteiger charge is 2.42. The van der Waals surface area contributed by atoms with Crippen LogP contribution in [0.4, 0.5) is 0 Å². The number of carboxylic acids is 2. The lowest BCUT2D eigenvalue weighted by atomic mass is 9.96. The van der Waals surface area contributed by atoms with Crippen LogP contribution in [0.5, 0.6) is 0 Å². The van der Waals surface area contributed by atoms with Crippen molar-refractivity contribution >= 4 is 35.8 Å². The van der Waals surface area contributed by atoms with Gasteiger partial charge in [-0.2, -0.15) is 0 Å². The third kappa shape index (κ3) is 29.1. The van der Waals surface area contributed by atoms with Crippen molar-refractivity contribution in [2.24, 2.45) is 5.73 Å². The van der Waals surface area contributed by atoms with Gasteiger partial charge in [0, 0.05) is 131 Å². The van der Waals surface area contributed by atoms with E-state index in [4.69, 9.17) is 34.9 Å². The first-order valence-corrected chi connectivity index (χ1v) is 36.0. The van der Waals surface area contributed by atoms with Gasteiger partial charge in [-0.25, -0.2) is 0 Å². The zero-order valence-corrected chi connectivity index (χ0v) is 62.0. The van der Waals surface area contributed by atoms with Gasteiger partial charge in [-0.3, -0.25) is 68.0 Å². The fourth-order valence-corrected chi connectivity index (χ4v) is 14.1. The van der Waals surface area contributed by atoms with Gasteiger partial charge in [-0.05, 0) is 111 Å². The van der Waals surface area contributed by atoms with E-state index in [0.717, 1.165) is 114 Å². The molecule has 3 fully saturated rings. The van der Waals surface area contributed by atoms with E-state index in [1.807, 2.05) is 156 Å². The lowest BCUT2D eigenvalue weighted by Gasteiger charge is -2.45. The molecule has 550 valence electrons. The predicted molar refractivity (Wildman–Crippen MR) is 389 cm³/mol. The van der Waals surface area contributed by atoms with Crippen LogP contribution in [-0.4, -0.2) is 243 Å². The number of nitrogens with two attached hydrogens (primary N) is 1. The van der Waals surface area contributed by atoms with Crippen LogP contribution in [0.25, 0.3) is 0 Å². The Morgan fingerprint density at radius 2 is 0.556 bits per heavy atom. The maximum absolute atomic E-state index is 12.7. The summed E-state index contributed by atoms with van der Waals surface area (Å²) in [6, 6.07) is 39.0. The van der Waals surface area contributed by atoms with Gasteiger partial charge in [0.2, 0.25) is 0 Å². The van der Waals surface area contributed by atoms with Gasteiger partial charge >= 0.3 is 35.8 Å². The lowest BCUT2D eigenvalue weighted by molar-refractivity contribution is -0.147. The summed E-state index contributed by atoms with van der Waals surface area (Å²) in [7, 11) is 0. The number of ether oxygens (including phenoxy) is 4. The molecule has 21 nitrogen and oxygen atoms in total. The third-order valence-electron chi connectivity index (χ3n) is 19.9. The van der Waals surface area contributed by atoms with Crippen molar-refractivity contribution in [2.45, 2.75) is 208 Å². The maximum Gasteiger partial charge on any atom is 0.307 e. The minimum atomic E-state index is -0.780. The zero-order valence-electron chi connectivity index (χ0n) is 62.0. The molecule has 0 radical (unpaired) electrons. The molecule has 0 saturated carbocycles. The smallest absolute Gasteiger partial charge is 0.307 e. The summed E-state index contributed by atoms with van der Waals surface area (Å²) in [6.07, 6.45) is 1.57. The number of carboxylic acid groups (broad SMARTS) is 2. The number of hydrogen-bond donors (Lipinski definition) is 3. The molecule has 3 aliphatic rings. The highest BCUT2D eigenvalue weighted by Crippen LogP contribution is 2.28. The quantitative estimate of drug-likeness (QED) is 0.0305. The molecular formula is C78H121N9O12. The molecule has 6 unspecified atom stereocenters. The van der Waals surface area contributed by atoms with Crippen LogP contribution in [0.2, 0.25) is 0 Å². The monoisotopic (exact) mass is 1380 g/mol. The summed E-state index contributed by atoms with van der Waals surface area (Å²) in [4.78, 5) is 91.3. The van der Waals surface area contributed by atoms with Crippen LogP contribution >= 0.6 is 0 Å². The van der Waals surface area contributed by atoms with Crippen molar-refractivity contribution in [3.8, 4) is 0 Å². The Hall–Kier alpha value is -6.66. The van der Waals surface area contributed by atoms with Crippen LogP contribution in [0, 0.1) is 0 Å². The maximum atomic E-state index is 12.7. The number of aliphatic carboxylic acids is 2. The number of likely N-dealkylation sites (N-methyl/N-ethyl adjacent to an activating group) is 2. The SMILES string of the molecule is CC(CC(=O)OCc1ccccc1)N1CCN(C(C)CC(=O)OCc2ccccc2)CC(C)(N)C1.CCN(CC)C1(C)CN(C(C)CC(=O)O)CCN(C(C)CC(=O)O)C1.CCN(CC)C1(C)CN(C(C)CC(=O)OCc2ccccc2)CCN(C(C)CC(=O)OCc2ccccc2)C1. The minimum absolute atomic E-state index is 0.00671. The van der Waals surface area contributed by atoms with Crippen molar-refractivity contribution < 1.29 is 57.9 Å². The Morgan fingerprint density at radius 1 is 0.364 bits per heavy atom. The molecule has 0 aliphatic carbocycles. The van der Waals surface area contributed by atoms with Gasteiger partial charge in [-0.15, -0.1) is 0 Å². The second-order valence-corrected chi connectivity index (χ2v) is 28.5. The molecule has 3 aliphatic heterocycles. The molecule has 4 aromatic rings. The van der Waals surface area contributed by atoms with E-state index < -0.39 is 17.5 Å². The first-order chi connectivity index (χ1) is 47.1. The Bertz CT molecular complexity index is 2830. The zero-order chi connectivity index (χ0) is 72.7. The Labute approximate surface area is 592 Å². The van der Waals surface area contributed by atoms with E-state index in [2.05, 4.69) is 94.6 Å². The van der Waals surface area contributed by atoms with Gasteiger partial charge in [0.25, 0.3) is 0 Å². The molecule has 0 amide bonds. The van der Waals surface area contributed by atoms with E-state index in [1.54, 1.807) is 0 Å². The average Bonchev–Trinajstić information content (AvgIpc) is 1.56. The summed E-state index contributed by atoms with van der Waals surface area (Å²) in [5, 5.41) is 18.3. The van der Waals surface area contributed by atoms with Gasteiger partial charge < -0.3 is 34.9 Å². The minimum Gasteiger partial charge on any atom is -0.481 e. The fourth-order valence-electron chi connectivity index (χ4n) is 14.1. The van der Waals surface area contributed by atoms with Crippen molar-refractivity contribution in [2.75, 3.05) is 105 Å². The molecule has 99 heavy (non-hydrogen) atoms. The molecule has 4 aromatic carbocycles. The molecular weight excluding hydrogens is 1250 g/mol. The second kappa shape index (κ2) is 41.9. The Morgan fingerprint density at radius 3 is 0.747 bits per heavy atom.